The van der Waals surface area contributed by atoms with E-state index in [0.717, 1.165) is 5.69 Å². The fraction of sp³-hybridized carbons (Fsp3) is 0.0698. The van der Waals surface area contributed by atoms with E-state index in [2.05, 4.69) is 183 Å². The first-order valence-electron chi connectivity index (χ1n) is 15.4. The topological polar surface area (TPSA) is 3.24 Å². The lowest BCUT2D eigenvalue weighted by atomic mass is 9.82. The third-order valence-electron chi connectivity index (χ3n) is 9.28. The van der Waals surface area contributed by atoms with Crippen LogP contribution in [0.2, 0.25) is 0 Å². The summed E-state index contributed by atoms with van der Waals surface area (Å²) in [5.74, 6) is 0. The van der Waals surface area contributed by atoms with Crippen molar-refractivity contribution in [1.29, 1.82) is 0 Å². The third kappa shape index (κ3) is 4.16. The quantitative estimate of drug-likeness (QED) is 0.201. The molecule has 1 nitrogen and oxygen atoms in total. The van der Waals surface area contributed by atoms with Crippen molar-refractivity contribution in [2.75, 3.05) is 4.90 Å². The van der Waals surface area contributed by atoms with Crippen LogP contribution in [0.1, 0.15) is 25.0 Å². The molecule has 0 fully saturated rings. The van der Waals surface area contributed by atoms with Gasteiger partial charge in [0.05, 0.1) is 17.1 Å². The van der Waals surface area contributed by atoms with Gasteiger partial charge in [-0.3, -0.25) is 0 Å². The van der Waals surface area contributed by atoms with E-state index in [1.807, 2.05) is 0 Å². The van der Waals surface area contributed by atoms with Gasteiger partial charge in [0.25, 0.3) is 0 Å². The highest BCUT2D eigenvalue weighted by molar-refractivity contribution is 6.04. The summed E-state index contributed by atoms with van der Waals surface area (Å²) in [5.41, 5.74) is 13.7. The van der Waals surface area contributed by atoms with Crippen LogP contribution in [0.5, 0.6) is 0 Å². The molecule has 0 atom stereocenters. The average molecular weight is 564 g/mol. The van der Waals surface area contributed by atoms with Crippen LogP contribution in [0.4, 0.5) is 17.1 Å². The Morgan fingerprint density at radius 2 is 0.932 bits per heavy atom. The molecule has 0 saturated carbocycles. The highest BCUT2D eigenvalue weighted by Crippen LogP contribution is 2.55. The minimum atomic E-state index is -0.0842. The molecular formula is C43H33N. The number of rotatable bonds is 5. The van der Waals surface area contributed by atoms with Crippen LogP contribution in [0.15, 0.2) is 164 Å². The molecule has 0 N–H and O–H groups in total. The fourth-order valence-electron chi connectivity index (χ4n) is 7.10. The molecule has 0 aromatic heterocycles. The second kappa shape index (κ2) is 10.4. The predicted molar refractivity (Wildman–Crippen MR) is 187 cm³/mol. The highest BCUT2D eigenvalue weighted by atomic mass is 15.1. The van der Waals surface area contributed by atoms with Gasteiger partial charge >= 0.3 is 0 Å². The summed E-state index contributed by atoms with van der Waals surface area (Å²) < 4.78 is 0. The van der Waals surface area contributed by atoms with E-state index in [9.17, 15) is 0 Å². The maximum atomic E-state index is 2.50. The summed E-state index contributed by atoms with van der Waals surface area (Å²) in [6.45, 7) is 4.71. The van der Waals surface area contributed by atoms with E-state index in [1.165, 1.54) is 66.7 Å². The Kier molecular flexibility index (Phi) is 6.20. The minimum absolute atomic E-state index is 0.0842. The lowest BCUT2D eigenvalue weighted by molar-refractivity contribution is 0.660. The van der Waals surface area contributed by atoms with Crippen LogP contribution in [0.25, 0.3) is 44.2 Å². The summed E-state index contributed by atoms with van der Waals surface area (Å²) in [7, 11) is 0. The van der Waals surface area contributed by atoms with Crippen LogP contribution in [0, 0.1) is 0 Å². The van der Waals surface area contributed by atoms with Crippen molar-refractivity contribution in [1.82, 2.24) is 0 Å². The van der Waals surface area contributed by atoms with Crippen LogP contribution in [0.3, 0.4) is 0 Å². The Morgan fingerprint density at radius 1 is 0.386 bits per heavy atom. The van der Waals surface area contributed by atoms with E-state index in [1.54, 1.807) is 0 Å². The summed E-state index contributed by atoms with van der Waals surface area (Å²) in [6.07, 6.45) is 0. The normalized spacial score (nSPS) is 13.0. The van der Waals surface area contributed by atoms with E-state index in [0.29, 0.717) is 0 Å². The monoisotopic (exact) mass is 563 g/mol. The Labute approximate surface area is 259 Å². The Balaban J connectivity index is 1.39. The number of nitrogens with zero attached hydrogens (tertiary/aromatic N) is 1. The first kappa shape index (κ1) is 26.2. The van der Waals surface area contributed by atoms with E-state index < -0.39 is 0 Å². The second-order valence-corrected chi connectivity index (χ2v) is 12.2. The van der Waals surface area contributed by atoms with Crippen LogP contribution in [-0.2, 0) is 5.41 Å². The van der Waals surface area contributed by atoms with Crippen LogP contribution in [-0.4, -0.2) is 0 Å². The standard InChI is InChI=1S/C43H33N/c1-43(2)37-21-10-8-20-36(37)42-38(43)22-13-25-41(42)44(40-24-12-17-32-16-6-7-18-34(32)40)39-23-11-9-19-35(39)33-28-26-31(27-29-33)30-14-4-3-5-15-30/h3-29H,1-2H3. The van der Waals surface area contributed by atoms with Gasteiger partial charge in [-0.2, -0.15) is 0 Å². The van der Waals surface area contributed by atoms with Crippen molar-refractivity contribution in [2.45, 2.75) is 19.3 Å². The molecule has 0 bridgehead atoms. The number of hydrogen-bond acceptors (Lipinski definition) is 1. The van der Waals surface area contributed by atoms with Crippen molar-refractivity contribution in [2.24, 2.45) is 0 Å². The zero-order chi connectivity index (χ0) is 29.7. The molecule has 0 aliphatic heterocycles. The zero-order valence-electron chi connectivity index (χ0n) is 25.0. The number of para-hydroxylation sites is 1. The number of benzene rings is 7. The number of hydrogen-bond donors (Lipinski definition) is 0. The second-order valence-electron chi connectivity index (χ2n) is 12.2. The van der Waals surface area contributed by atoms with Crippen molar-refractivity contribution in [3.05, 3.63) is 175 Å². The highest BCUT2D eigenvalue weighted by Gasteiger charge is 2.38. The smallest absolute Gasteiger partial charge is 0.0543 e. The van der Waals surface area contributed by atoms with Crippen molar-refractivity contribution in [3.8, 4) is 33.4 Å². The first-order chi connectivity index (χ1) is 21.6. The van der Waals surface area contributed by atoms with E-state index in [4.69, 9.17) is 0 Å². The van der Waals surface area contributed by atoms with Gasteiger partial charge in [0.15, 0.2) is 0 Å². The lowest BCUT2D eigenvalue weighted by Gasteiger charge is -2.31. The van der Waals surface area contributed by atoms with Gasteiger partial charge < -0.3 is 4.90 Å². The molecular weight excluding hydrogens is 530 g/mol. The Bertz CT molecular complexity index is 2130. The molecule has 0 saturated heterocycles. The van der Waals surface area contributed by atoms with Crippen molar-refractivity contribution < 1.29 is 0 Å². The lowest BCUT2D eigenvalue weighted by Crippen LogP contribution is -2.16. The van der Waals surface area contributed by atoms with E-state index in [-0.39, 0.29) is 5.41 Å². The molecule has 8 rings (SSSR count). The van der Waals surface area contributed by atoms with Crippen molar-refractivity contribution >= 4 is 27.8 Å². The Hall–Kier alpha value is -5.40. The molecule has 0 spiro atoms. The van der Waals surface area contributed by atoms with Crippen LogP contribution < -0.4 is 4.90 Å². The molecule has 1 heteroatoms. The summed E-state index contributed by atoms with van der Waals surface area (Å²) in [4.78, 5) is 2.50. The SMILES string of the molecule is CC1(C)c2ccccc2-c2c(N(c3ccccc3-c3ccc(-c4ccccc4)cc3)c3cccc4ccccc34)cccc21. The maximum absolute atomic E-state index is 2.50. The molecule has 1 aliphatic rings. The van der Waals surface area contributed by atoms with Gasteiger partial charge in [-0.15, -0.1) is 0 Å². The molecule has 0 unspecified atom stereocenters. The molecule has 7 aromatic carbocycles. The molecule has 210 valence electrons. The number of anilines is 3. The molecule has 44 heavy (non-hydrogen) atoms. The van der Waals surface area contributed by atoms with Gasteiger partial charge in [-0.05, 0) is 57.0 Å². The predicted octanol–water partition coefficient (Wildman–Crippen LogP) is 11.9. The summed E-state index contributed by atoms with van der Waals surface area (Å²) in [6, 6.07) is 59.6. The average Bonchev–Trinajstić information content (AvgIpc) is 3.32. The van der Waals surface area contributed by atoms with Gasteiger partial charge in [0.2, 0.25) is 0 Å². The fourth-order valence-corrected chi connectivity index (χ4v) is 7.10. The van der Waals surface area contributed by atoms with Crippen molar-refractivity contribution in [3.63, 3.8) is 0 Å². The molecule has 0 amide bonds. The molecule has 0 radical (unpaired) electrons. The largest absolute Gasteiger partial charge is 0.309 e. The number of fused-ring (bicyclic) bond motifs is 4. The first-order valence-corrected chi connectivity index (χ1v) is 15.4. The van der Waals surface area contributed by atoms with Crippen LogP contribution >= 0.6 is 0 Å². The zero-order valence-corrected chi connectivity index (χ0v) is 25.0. The molecule has 1 aliphatic carbocycles. The maximum Gasteiger partial charge on any atom is 0.0543 e. The molecule has 0 heterocycles. The Morgan fingerprint density at radius 3 is 1.77 bits per heavy atom. The molecule has 7 aromatic rings. The van der Waals surface area contributed by atoms with Gasteiger partial charge in [-0.1, -0.05) is 159 Å². The van der Waals surface area contributed by atoms with Gasteiger partial charge in [0, 0.05) is 21.9 Å². The summed E-state index contributed by atoms with van der Waals surface area (Å²) in [5, 5.41) is 2.46. The summed E-state index contributed by atoms with van der Waals surface area (Å²) >= 11 is 0. The van der Waals surface area contributed by atoms with E-state index >= 15 is 0 Å². The van der Waals surface area contributed by atoms with Gasteiger partial charge in [0.1, 0.15) is 0 Å². The third-order valence-corrected chi connectivity index (χ3v) is 9.28. The minimum Gasteiger partial charge on any atom is -0.309 e. The van der Waals surface area contributed by atoms with Gasteiger partial charge in [-0.25, -0.2) is 0 Å².